The molecule has 130 valence electrons. The second kappa shape index (κ2) is 8.34. The summed E-state index contributed by atoms with van der Waals surface area (Å²) in [7, 11) is 1.35. The standard InChI is InChI=1S/C19H24ClNO3/c1-4-16(5-2)21-17(13-6-9-15(20)10-7-13)11-8-14(19(21)23)12-18(22)24-3/h4,6-7,9-10,14,16-17H,1,5,8,11-12H2,2-3H3. The average molecular weight is 350 g/mol. The third-order valence-corrected chi connectivity index (χ3v) is 4.92. The quantitative estimate of drug-likeness (QED) is 0.572. The van der Waals surface area contributed by atoms with Crippen molar-refractivity contribution in [2.45, 2.75) is 44.7 Å². The fourth-order valence-electron chi connectivity index (χ4n) is 3.34. The molecule has 1 aromatic carbocycles. The number of halogens is 1. The molecule has 0 saturated carbocycles. The van der Waals surface area contributed by atoms with Crippen molar-refractivity contribution in [2.75, 3.05) is 7.11 Å². The van der Waals surface area contributed by atoms with E-state index in [2.05, 4.69) is 6.58 Å². The Balaban J connectivity index is 2.31. The number of carbonyl (C=O) groups is 2. The van der Waals surface area contributed by atoms with Crippen LogP contribution >= 0.6 is 11.6 Å². The Morgan fingerprint density at radius 3 is 2.62 bits per heavy atom. The van der Waals surface area contributed by atoms with Gasteiger partial charge in [-0.15, -0.1) is 6.58 Å². The first-order chi connectivity index (χ1) is 11.5. The molecule has 1 fully saturated rings. The van der Waals surface area contributed by atoms with Gasteiger partial charge < -0.3 is 9.64 Å². The molecule has 1 aliphatic rings. The molecule has 0 aliphatic carbocycles. The maximum Gasteiger partial charge on any atom is 0.306 e. The van der Waals surface area contributed by atoms with Crippen LogP contribution in [0.4, 0.5) is 0 Å². The van der Waals surface area contributed by atoms with Gasteiger partial charge in [-0.05, 0) is 37.0 Å². The monoisotopic (exact) mass is 349 g/mol. The third-order valence-electron chi connectivity index (χ3n) is 4.67. The highest BCUT2D eigenvalue weighted by Crippen LogP contribution is 2.38. The van der Waals surface area contributed by atoms with Gasteiger partial charge >= 0.3 is 5.97 Å². The second-order valence-corrected chi connectivity index (χ2v) is 6.52. The molecule has 3 atom stereocenters. The highest BCUT2D eigenvalue weighted by atomic mass is 35.5. The Bertz CT molecular complexity index is 599. The first-order valence-corrected chi connectivity index (χ1v) is 8.66. The minimum Gasteiger partial charge on any atom is -0.469 e. The van der Waals surface area contributed by atoms with Crippen molar-refractivity contribution in [3.63, 3.8) is 0 Å². The minimum absolute atomic E-state index is 0.00153. The molecule has 1 saturated heterocycles. The van der Waals surface area contributed by atoms with Crippen molar-refractivity contribution in [2.24, 2.45) is 5.92 Å². The fraction of sp³-hybridized carbons (Fsp3) is 0.474. The van der Waals surface area contributed by atoms with Gasteiger partial charge in [0.25, 0.3) is 0 Å². The first kappa shape index (κ1) is 18.5. The molecule has 3 unspecified atom stereocenters. The number of amides is 1. The Hall–Kier alpha value is -1.81. The summed E-state index contributed by atoms with van der Waals surface area (Å²) in [6.45, 7) is 5.91. The van der Waals surface area contributed by atoms with E-state index in [4.69, 9.17) is 16.3 Å². The molecule has 1 heterocycles. The van der Waals surface area contributed by atoms with E-state index in [1.165, 1.54) is 7.11 Å². The zero-order chi connectivity index (χ0) is 17.7. The topological polar surface area (TPSA) is 46.6 Å². The highest BCUT2D eigenvalue weighted by Gasteiger charge is 2.39. The van der Waals surface area contributed by atoms with Crippen LogP contribution < -0.4 is 0 Å². The number of hydrogen-bond acceptors (Lipinski definition) is 3. The first-order valence-electron chi connectivity index (χ1n) is 8.28. The fourth-order valence-corrected chi connectivity index (χ4v) is 3.47. The van der Waals surface area contributed by atoms with Gasteiger partial charge in [-0.25, -0.2) is 0 Å². The number of piperidine rings is 1. The Kier molecular flexibility index (Phi) is 6.44. The molecule has 0 spiro atoms. The smallest absolute Gasteiger partial charge is 0.306 e. The lowest BCUT2D eigenvalue weighted by atomic mass is 9.85. The molecule has 2 rings (SSSR count). The molecule has 1 aliphatic heterocycles. The van der Waals surface area contributed by atoms with Crippen LogP contribution in [0.3, 0.4) is 0 Å². The number of esters is 1. The number of ether oxygens (including phenoxy) is 1. The maximum absolute atomic E-state index is 13.0. The zero-order valence-electron chi connectivity index (χ0n) is 14.2. The van der Waals surface area contributed by atoms with Crippen LogP contribution in [0.1, 0.15) is 44.2 Å². The molecule has 0 bridgehead atoms. The normalized spacial score (nSPS) is 22.1. The molecular weight excluding hydrogens is 326 g/mol. The van der Waals surface area contributed by atoms with Gasteiger partial charge in [-0.3, -0.25) is 9.59 Å². The predicted molar refractivity (Wildman–Crippen MR) is 94.7 cm³/mol. The number of methoxy groups -OCH3 is 1. The summed E-state index contributed by atoms with van der Waals surface area (Å²) < 4.78 is 4.73. The summed E-state index contributed by atoms with van der Waals surface area (Å²) >= 11 is 5.98. The number of rotatable bonds is 6. The Morgan fingerprint density at radius 2 is 2.08 bits per heavy atom. The van der Waals surface area contributed by atoms with E-state index in [1.54, 1.807) is 6.08 Å². The van der Waals surface area contributed by atoms with E-state index in [-0.39, 0.29) is 36.3 Å². The number of carbonyl (C=O) groups excluding carboxylic acids is 2. The van der Waals surface area contributed by atoms with Crippen LogP contribution in [-0.2, 0) is 14.3 Å². The van der Waals surface area contributed by atoms with E-state index in [0.717, 1.165) is 18.4 Å². The SMILES string of the molecule is C=CC(CC)N1C(=O)C(CC(=O)OC)CCC1c1ccc(Cl)cc1. The van der Waals surface area contributed by atoms with Crippen molar-refractivity contribution in [3.05, 3.63) is 47.5 Å². The lowest BCUT2D eigenvalue weighted by molar-refractivity contribution is -0.151. The molecule has 1 aromatic rings. The van der Waals surface area contributed by atoms with Crippen LogP contribution in [-0.4, -0.2) is 29.9 Å². The number of nitrogens with zero attached hydrogens (tertiary/aromatic N) is 1. The van der Waals surface area contributed by atoms with Crippen LogP contribution in [0.25, 0.3) is 0 Å². The molecule has 1 amide bonds. The van der Waals surface area contributed by atoms with Crippen molar-refractivity contribution in [1.82, 2.24) is 4.90 Å². The summed E-state index contributed by atoms with van der Waals surface area (Å²) in [6, 6.07) is 7.53. The average Bonchev–Trinajstić information content (AvgIpc) is 2.59. The lowest BCUT2D eigenvalue weighted by Gasteiger charge is -2.43. The molecule has 0 radical (unpaired) electrons. The summed E-state index contributed by atoms with van der Waals surface area (Å²) in [5, 5.41) is 0.673. The van der Waals surface area contributed by atoms with Crippen LogP contribution in [0.5, 0.6) is 0 Å². The van der Waals surface area contributed by atoms with Crippen molar-refractivity contribution >= 4 is 23.5 Å². The highest BCUT2D eigenvalue weighted by molar-refractivity contribution is 6.30. The Morgan fingerprint density at radius 1 is 1.42 bits per heavy atom. The summed E-state index contributed by atoms with van der Waals surface area (Å²) in [6.07, 6.45) is 4.20. The van der Waals surface area contributed by atoms with Crippen molar-refractivity contribution in [3.8, 4) is 0 Å². The van der Waals surface area contributed by atoms with Gasteiger partial charge in [0, 0.05) is 10.9 Å². The van der Waals surface area contributed by atoms with Crippen molar-refractivity contribution in [1.29, 1.82) is 0 Å². The molecule has 24 heavy (non-hydrogen) atoms. The van der Waals surface area contributed by atoms with E-state index in [1.807, 2.05) is 36.1 Å². The largest absolute Gasteiger partial charge is 0.469 e. The minimum atomic E-state index is -0.343. The molecule has 4 nitrogen and oxygen atoms in total. The summed E-state index contributed by atoms with van der Waals surface area (Å²) in [5.74, 6) is -0.668. The van der Waals surface area contributed by atoms with Gasteiger partial charge in [-0.2, -0.15) is 0 Å². The summed E-state index contributed by atoms with van der Waals surface area (Å²) in [4.78, 5) is 26.5. The van der Waals surface area contributed by atoms with Gasteiger partial charge in [0.2, 0.25) is 5.91 Å². The third kappa shape index (κ3) is 3.99. The molecule has 0 aromatic heterocycles. The zero-order valence-corrected chi connectivity index (χ0v) is 15.0. The van der Waals surface area contributed by atoms with Gasteiger partial charge in [0.15, 0.2) is 0 Å². The van der Waals surface area contributed by atoms with E-state index in [0.29, 0.717) is 11.4 Å². The molecule has 0 N–H and O–H groups in total. The van der Waals surface area contributed by atoms with E-state index in [9.17, 15) is 9.59 Å². The van der Waals surface area contributed by atoms with Gasteiger partial charge in [0.05, 0.1) is 25.6 Å². The Labute approximate surface area is 148 Å². The number of hydrogen-bond donors (Lipinski definition) is 0. The van der Waals surface area contributed by atoms with Crippen LogP contribution in [0.2, 0.25) is 5.02 Å². The molecular formula is C19H24ClNO3. The van der Waals surface area contributed by atoms with Gasteiger partial charge in [-0.1, -0.05) is 36.7 Å². The lowest BCUT2D eigenvalue weighted by Crippen LogP contribution is -2.48. The maximum atomic E-state index is 13.0. The van der Waals surface area contributed by atoms with Crippen LogP contribution in [0, 0.1) is 5.92 Å². The second-order valence-electron chi connectivity index (χ2n) is 6.08. The van der Waals surface area contributed by atoms with Crippen LogP contribution in [0.15, 0.2) is 36.9 Å². The number of benzene rings is 1. The summed E-state index contributed by atoms with van der Waals surface area (Å²) in [5.41, 5.74) is 1.06. The number of likely N-dealkylation sites (tertiary alicyclic amines) is 1. The predicted octanol–water partition coefficient (Wildman–Crippen LogP) is 4.15. The van der Waals surface area contributed by atoms with Crippen molar-refractivity contribution < 1.29 is 14.3 Å². The molecule has 5 heteroatoms. The van der Waals surface area contributed by atoms with Gasteiger partial charge in [0.1, 0.15) is 0 Å². The van der Waals surface area contributed by atoms with E-state index >= 15 is 0 Å². The van der Waals surface area contributed by atoms with E-state index < -0.39 is 0 Å².